The van der Waals surface area contributed by atoms with Gasteiger partial charge in [-0.1, -0.05) is 11.6 Å². The minimum Gasteiger partial charge on any atom is -0.343 e. The van der Waals surface area contributed by atoms with Gasteiger partial charge in [0.1, 0.15) is 0 Å². The Balaban J connectivity index is 1.90. The van der Waals surface area contributed by atoms with Gasteiger partial charge in [0.15, 0.2) is 0 Å². The van der Waals surface area contributed by atoms with Crippen molar-refractivity contribution in [1.29, 1.82) is 0 Å². The highest BCUT2D eigenvalue weighted by molar-refractivity contribution is 7.89. The molecule has 0 spiro atoms. The van der Waals surface area contributed by atoms with Crippen LogP contribution in [0.5, 0.6) is 0 Å². The fourth-order valence-corrected chi connectivity index (χ4v) is 4.32. The number of hydrogen-bond acceptors (Lipinski definition) is 5. The third kappa shape index (κ3) is 6.15. The van der Waals surface area contributed by atoms with Crippen LogP contribution in [0.3, 0.4) is 0 Å². The minimum atomic E-state index is -3.61. The summed E-state index contributed by atoms with van der Waals surface area (Å²) in [5, 5.41) is 2.99. The van der Waals surface area contributed by atoms with Crippen molar-refractivity contribution in [3.8, 4) is 0 Å². The third-order valence-corrected chi connectivity index (χ3v) is 7.39. The van der Waals surface area contributed by atoms with E-state index in [0.717, 1.165) is 30.2 Å². The zero-order valence-electron chi connectivity index (χ0n) is 17.3. The molecule has 1 aliphatic heterocycles. The largest absolute Gasteiger partial charge is 0.343 e. The van der Waals surface area contributed by atoms with Crippen molar-refractivity contribution in [2.75, 3.05) is 46.1 Å². The summed E-state index contributed by atoms with van der Waals surface area (Å²) >= 11 is 6.12. The van der Waals surface area contributed by atoms with Crippen molar-refractivity contribution in [2.45, 2.75) is 37.1 Å². The number of nitrogens with one attached hydrogen (secondary N) is 1. The van der Waals surface area contributed by atoms with Gasteiger partial charge in [0.2, 0.25) is 21.8 Å². The van der Waals surface area contributed by atoms with E-state index in [9.17, 15) is 18.0 Å². The van der Waals surface area contributed by atoms with Gasteiger partial charge in [-0.05, 0) is 31.0 Å². The number of carbonyl (C=O) groups is 2. The SMILES string of the molecule is CC(=O)N(C)C1CCN(CCC(=O)Nc2cc(S(=O)(=O)N(C)C)ccc2Cl)CC1. The van der Waals surface area contributed by atoms with E-state index in [1.165, 1.54) is 32.3 Å². The van der Waals surface area contributed by atoms with Crippen molar-refractivity contribution in [2.24, 2.45) is 0 Å². The molecule has 1 saturated heterocycles. The second-order valence-corrected chi connectivity index (χ2v) is 9.99. The van der Waals surface area contributed by atoms with Crippen LogP contribution in [0.4, 0.5) is 5.69 Å². The number of nitrogens with zero attached hydrogens (tertiary/aromatic N) is 3. The fraction of sp³-hybridized carbons (Fsp3) is 0.579. The van der Waals surface area contributed by atoms with Crippen LogP contribution < -0.4 is 5.32 Å². The Morgan fingerprint density at radius 3 is 2.38 bits per heavy atom. The summed E-state index contributed by atoms with van der Waals surface area (Å²) in [7, 11) is 1.10. The Bertz CT molecular complexity index is 852. The van der Waals surface area contributed by atoms with Crippen LogP contribution in [0.25, 0.3) is 0 Å². The molecule has 0 atom stereocenters. The monoisotopic (exact) mass is 444 g/mol. The van der Waals surface area contributed by atoms with Gasteiger partial charge in [-0.3, -0.25) is 9.59 Å². The number of amides is 2. The number of carbonyl (C=O) groups excluding carboxylic acids is 2. The first-order valence-electron chi connectivity index (χ1n) is 9.50. The smallest absolute Gasteiger partial charge is 0.242 e. The lowest BCUT2D eigenvalue weighted by atomic mass is 10.0. The Kier molecular flexibility index (Phi) is 8.04. The molecule has 8 nitrogen and oxygen atoms in total. The summed E-state index contributed by atoms with van der Waals surface area (Å²) in [6, 6.07) is 4.50. The summed E-state index contributed by atoms with van der Waals surface area (Å²) in [6.45, 7) is 3.82. The maximum Gasteiger partial charge on any atom is 0.242 e. The first-order valence-corrected chi connectivity index (χ1v) is 11.3. The van der Waals surface area contributed by atoms with E-state index in [1.807, 2.05) is 7.05 Å². The molecule has 1 heterocycles. The average molecular weight is 445 g/mol. The number of hydrogen-bond donors (Lipinski definition) is 1. The first kappa shape index (κ1) is 23.6. The summed E-state index contributed by atoms with van der Waals surface area (Å²) in [6.07, 6.45) is 2.04. The van der Waals surface area contributed by atoms with Gasteiger partial charge in [0, 0.05) is 60.2 Å². The van der Waals surface area contributed by atoms with E-state index in [-0.39, 0.29) is 39.9 Å². The van der Waals surface area contributed by atoms with Crippen molar-refractivity contribution in [3.05, 3.63) is 23.2 Å². The molecular formula is C19H29ClN4O4S. The lowest BCUT2D eigenvalue weighted by Gasteiger charge is -2.36. The maximum atomic E-state index is 12.4. The molecule has 2 amide bonds. The van der Waals surface area contributed by atoms with E-state index in [1.54, 1.807) is 11.8 Å². The van der Waals surface area contributed by atoms with Gasteiger partial charge >= 0.3 is 0 Å². The van der Waals surface area contributed by atoms with Gasteiger partial charge in [0.25, 0.3) is 0 Å². The summed E-state index contributed by atoms with van der Waals surface area (Å²) in [4.78, 5) is 27.9. The highest BCUT2D eigenvalue weighted by Crippen LogP contribution is 2.26. The fourth-order valence-electron chi connectivity index (χ4n) is 3.23. The third-order valence-electron chi connectivity index (χ3n) is 5.25. The molecule has 162 valence electrons. The molecule has 29 heavy (non-hydrogen) atoms. The van der Waals surface area contributed by atoms with Crippen LogP contribution >= 0.6 is 11.6 Å². The van der Waals surface area contributed by atoms with Gasteiger partial charge in [-0.2, -0.15) is 0 Å². The van der Waals surface area contributed by atoms with E-state index < -0.39 is 10.0 Å². The molecule has 2 rings (SSSR count). The van der Waals surface area contributed by atoms with Crippen LogP contribution in [0.15, 0.2) is 23.1 Å². The lowest BCUT2D eigenvalue weighted by molar-refractivity contribution is -0.130. The molecular weight excluding hydrogens is 416 g/mol. The number of halogens is 1. The predicted molar refractivity (Wildman–Crippen MR) is 113 cm³/mol. The molecule has 0 saturated carbocycles. The summed E-state index contributed by atoms with van der Waals surface area (Å²) in [5.41, 5.74) is 0.279. The van der Waals surface area contributed by atoms with Crippen molar-refractivity contribution >= 4 is 39.1 Å². The Hall–Kier alpha value is -1.68. The molecule has 10 heteroatoms. The molecule has 0 aromatic heterocycles. The number of benzene rings is 1. The second kappa shape index (κ2) is 9.88. The Morgan fingerprint density at radius 1 is 1.21 bits per heavy atom. The molecule has 1 fully saturated rings. The Labute approximate surface area is 177 Å². The second-order valence-electron chi connectivity index (χ2n) is 7.43. The van der Waals surface area contributed by atoms with Gasteiger partial charge in [-0.25, -0.2) is 12.7 Å². The molecule has 1 aliphatic rings. The van der Waals surface area contributed by atoms with E-state index >= 15 is 0 Å². The zero-order valence-corrected chi connectivity index (χ0v) is 18.9. The number of rotatable bonds is 7. The van der Waals surface area contributed by atoms with Crippen molar-refractivity contribution in [1.82, 2.24) is 14.1 Å². The minimum absolute atomic E-state index is 0.0678. The normalized spacial score (nSPS) is 16.1. The molecule has 1 N–H and O–H groups in total. The number of likely N-dealkylation sites (tertiary alicyclic amines) is 1. The molecule has 1 aromatic rings. The Morgan fingerprint density at radius 2 is 1.83 bits per heavy atom. The number of anilines is 1. The zero-order chi connectivity index (χ0) is 21.8. The molecule has 0 unspecified atom stereocenters. The van der Waals surface area contributed by atoms with Crippen LogP contribution in [0, 0.1) is 0 Å². The number of piperidine rings is 1. The van der Waals surface area contributed by atoms with Gasteiger partial charge < -0.3 is 15.1 Å². The van der Waals surface area contributed by atoms with E-state index in [0.29, 0.717) is 6.54 Å². The van der Waals surface area contributed by atoms with Crippen LogP contribution in [0.2, 0.25) is 5.02 Å². The van der Waals surface area contributed by atoms with Crippen LogP contribution in [0.1, 0.15) is 26.2 Å². The summed E-state index contributed by atoms with van der Waals surface area (Å²) < 4.78 is 25.6. The first-order chi connectivity index (χ1) is 13.5. The molecule has 0 bridgehead atoms. The van der Waals surface area contributed by atoms with E-state index in [2.05, 4.69) is 10.2 Å². The highest BCUT2D eigenvalue weighted by atomic mass is 35.5. The van der Waals surface area contributed by atoms with Crippen molar-refractivity contribution in [3.63, 3.8) is 0 Å². The van der Waals surface area contributed by atoms with Crippen LogP contribution in [-0.4, -0.2) is 81.2 Å². The average Bonchev–Trinajstić information content (AvgIpc) is 2.67. The van der Waals surface area contributed by atoms with Crippen LogP contribution in [-0.2, 0) is 19.6 Å². The topological polar surface area (TPSA) is 90.0 Å². The maximum absolute atomic E-state index is 12.4. The van der Waals surface area contributed by atoms with Gasteiger partial charge in [0.05, 0.1) is 15.6 Å². The quantitative estimate of drug-likeness (QED) is 0.693. The highest BCUT2D eigenvalue weighted by Gasteiger charge is 2.24. The molecule has 0 radical (unpaired) electrons. The molecule has 1 aromatic carbocycles. The standard InChI is InChI=1S/C19H29ClN4O4S/c1-14(25)23(4)15-7-10-24(11-8-15)12-9-19(26)21-18-13-16(5-6-17(18)20)29(27,28)22(2)3/h5-6,13,15H,7-12H2,1-4H3,(H,21,26). The predicted octanol–water partition coefficient (Wildman–Crippen LogP) is 1.86. The summed E-state index contributed by atoms with van der Waals surface area (Å²) in [5.74, 6) is -0.160. The van der Waals surface area contributed by atoms with E-state index in [4.69, 9.17) is 11.6 Å². The molecule has 0 aliphatic carbocycles. The van der Waals surface area contributed by atoms with Gasteiger partial charge in [-0.15, -0.1) is 0 Å². The lowest BCUT2D eigenvalue weighted by Crippen LogP contribution is -2.45. The van der Waals surface area contributed by atoms with Crippen molar-refractivity contribution < 1.29 is 18.0 Å². The number of sulfonamides is 1.